The molecule has 2 aliphatic heterocycles. The van der Waals surface area contributed by atoms with Gasteiger partial charge < -0.3 is 14.4 Å². The number of ether oxygens (including phenoxy) is 2. The van der Waals surface area contributed by atoms with E-state index >= 15 is 0 Å². The van der Waals surface area contributed by atoms with E-state index in [9.17, 15) is 9.59 Å². The lowest BCUT2D eigenvalue weighted by Crippen LogP contribution is -2.39. The van der Waals surface area contributed by atoms with Crippen LogP contribution in [0, 0.1) is 19.3 Å². The predicted octanol–water partition coefficient (Wildman–Crippen LogP) is 8.82. The number of benzene rings is 2. The molecule has 2 aromatic carbocycles. The monoisotopic (exact) mass is 673 g/mol. The summed E-state index contributed by atoms with van der Waals surface area (Å²) in [4.78, 5) is 36.3. The van der Waals surface area contributed by atoms with Crippen LogP contribution in [0.4, 0.5) is 5.69 Å². The summed E-state index contributed by atoms with van der Waals surface area (Å²) in [5, 5.41) is 0.805. The van der Waals surface area contributed by atoms with E-state index in [-0.39, 0.29) is 11.5 Å². The van der Waals surface area contributed by atoms with Crippen molar-refractivity contribution in [3.63, 3.8) is 0 Å². The van der Waals surface area contributed by atoms with E-state index in [0.29, 0.717) is 17.0 Å². The van der Waals surface area contributed by atoms with Crippen LogP contribution in [0.3, 0.4) is 0 Å². The number of carbonyl (C=O) groups is 2. The first kappa shape index (κ1) is 36.0. The normalized spacial score (nSPS) is 17.3. The van der Waals surface area contributed by atoms with Gasteiger partial charge in [0, 0.05) is 54.6 Å². The highest BCUT2D eigenvalue weighted by Gasteiger charge is 2.38. The topological polar surface area (TPSA) is 72.0 Å². The Morgan fingerprint density at radius 2 is 1.77 bits per heavy atom. The minimum Gasteiger partial charge on any atom is -0.461 e. The molecule has 1 saturated heterocycles. The van der Waals surface area contributed by atoms with E-state index in [0.717, 1.165) is 80.1 Å². The zero-order chi connectivity index (χ0) is 35.0. The molecule has 0 N–H and O–H groups in total. The maximum Gasteiger partial charge on any atom is 0.340 e. The Balaban J connectivity index is 1.63. The number of anilines is 1. The SMILES string of the molecule is Cc1cccc(Cl)c1CN1CCc2cc(-c3c(C=O)nc(C)c([C@H](OC(C)(C)C)C(=O)OC(C)C)c3N3CCC(C)(C)CC3)ccc2C1. The first-order valence-corrected chi connectivity index (χ1v) is 17.7. The lowest BCUT2D eigenvalue weighted by Gasteiger charge is -2.41. The third-order valence-electron chi connectivity index (χ3n) is 9.59. The van der Waals surface area contributed by atoms with E-state index in [1.54, 1.807) is 0 Å². The molecule has 0 saturated carbocycles. The number of nitrogens with zero attached hydrogens (tertiary/aromatic N) is 3. The van der Waals surface area contributed by atoms with E-state index in [4.69, 9.17) is 26.1 Å². The van der Waals surface area contributed by atoms with Crippen LogP contribution < -0.4 is 4.90 Å². The number of hydrogen-bond donors (Lipinski definition) is 0. The second-order valence-corrected chi connectivity index (χ2v) is 16.0. The summed E-state index contributed by atoms with van der Waals surface area (Å²) in [5.41, 5.74) is 8.61. The molecule has 1 atom stereocenters. The van der Waals surface area contributed by atoms with Gasteiger partial charge in [-0.3, -0.25) is 9.69 Å². The quantitative estimate of drug-likeness (QED) is 0.166. The largest absolute Gasteiger partial charge is 0.461 e. The molecule has 258 valence electrons. The highest BCUT2D eigenvalue weighted by atomic mass is 35.5. The maximum absolute atomic E-state index is 13.8. The fraction of sp³-hybridized carbons (Fsp3) is 0.525. The van der Waals surface area contributed by atoms with Crippen LogP contribution in [0.2, 0.25) is 5.02 Å². The Bertz CT molecular complexity index is 1650. The molecule has 48 heavy (non-hydrogen) atoms. The second kappa shape index (κ2) is 14.3. The minimum absolute atomic E-state index is 0.199. The highest BCUT2D eigenvalue weighted by Crippen LogP contribution is 2.45. The summed E-state index contributed by atoms with van der Waals surface area (Å²) in [6.45, 7) is 22.2. The molecular weight excluding hydrogens is 622 g/mol. The lowest BCUT2D eigenvalue weighted by molar-refractivity contribution is -0.171. The van der Waals surface area contributed by atoms with Gasteiger partial charge in [-0.1, -0.05) is 55.8 Å². The van der Waals surface area contributed by atoms with Crippen molar-refractivity contribution in [2.75, 3.05) is 24.5 Å². The van der Waals surface area contributed by atoms with Crippen LogP contribution in [0.15, 0.2) is 36.4 Å². The third kappa shape index (κ3) is 8.12. The maximum atomic E-state index is 13.8. The number of rotatable bonds is 9. The number of hydrogen-bond acceptors (Lipinski definition) is 7. The van der Waals surface area contributed by atoms with Crippen molar-refractivity contribution >= 4 is 29.5 Å². The smallest absolute Gasteiger partial charge is 0.340 e. The van der Waals surface area contributed by atoms with E-state index in [1.165, 1.54) is 22.3 Å². The summed E-state index contributed by atoms with van der Waals surface area (Å²) < 4.78 is 12.3. The van der Waals surface area contributed by atoms with Crippen molar-refractivity contribution < 1.29 is 19.1 Å². The minimum atomic E-state index is -1.01. The number of aldehydes is 1. The molecule has 5 rings (SSSR count). The molecule has 1 aromatic heterocycles. The third-order valence-corrected chi connectivity index (χ3v) is 9.95. The number of piperidine rings is 1. The zero-order valence-corrected chi connectivity index (χ0v) is 31.0. The molecule has 0 unspecified atom stereocenters. The second-order valence-electron chi connectivity index (χ2n) is 15.6. The van der Waals surface area contributed by atoms with Crippen LogP contribution in [0.5, 0.6) is 0 Å². The first-order chi connectivity index (χ1) is 22.6. The van der Waals surface area contributed by atoms with Crippen molar-refractivity contribution in [3.8, 4) is 11.1 Å². The molecule has 7 nitrogen and oxygen atoms in total. The van der Waals surface area contributed by atoms with Gasteiger partial charge in [-0.05, 0) is 107 Å². The summed E-state index contributed by atoms with van der Waals surface area (Å²) in [5.74, 6) is -0.451. The van der Waals surface area contributed by atoms with Crippen LogP contribution in [0.1, 0.15) is 111 Å². The van der Waals surface area contributed by atoms with E-state index < -0.39 is 17.7 Å². The number of esters is 1. The van der Waals surface area contributed by atoms with Gasteiger partial charge >= 0.3 is 5.97 Å². The number of fused-ring (bicyclic) bond motifs is 1. The van der Waals surface area contributed by atoms with Gasteiger partial charge in [0.2, 0.25) is 0 Å². The average molecular weight is 674 g/mol. The lowest BCUT2D eigenvalue weighted by atomic mass is 9.81. The molecule has 3 heterocycles. The van der Waals surface area contributed by atoms with Gasteiger partial charge in [-0.15, -0.1) is 0 Å². The van der Waals surface area contributed by atoms with Crippen LogP contribution >= 0.6 is 11.6 Å². The number of carbonyl (C=O) groups excluding carboxylic acids is 2. The number of pyridine rings is 1. The molecule has 0 amide bonds. The Labute approximate surface area is 292 Å². The first-order valence-electron chi connectivity index (χ1n) is 17.3. The Morgan fingerprint density at radius 1 is 1.06 bits per heavy atom. The Kier molecular flexibility index (Phi) is 10.7. The van der Waals surface area contributed by atoms with Crippen LogP contribution in [0.25, 0.3) is 11.1 Å². The predicted molar refractivity (Wildman–Crippen MR) is 194 cm³/mol. The van der Waals surface area contributed by atoms with Gasteiger partial charge in [0.05, 0.1) is 17.4 Å². The molecule has 1 fully saturated rings. The molecule has 0 spiro atoms. The summed E-state index contributed by atoms with van der Waals surface area (Å²) in [6.07, 6.45) is 2.36. The Morgan fingerprint density at radius 3 is 2.40 bits per heavy atom. The van der Waals surface area contributed by atoms with E-state index in [2.05, 4.69) is 54.8 Å². The van der Waals surface area contributed by atoms with Gasteiger partial charge in [0.25, 0.3) is 0 Å². The van der Waals surface area contributed by atoms with Gasteiger partial charge in [0.15, 0.2) is 12.4 Å². The fourth-order valence-corrected chi connectivity index (χ4v) is 7.22. The highest BCUT2D eigenvalue weighted by molar-refractivity contribution is 6.31. The van der Waals surface area contributed by atoms with Crippen molar-refractivity contribution in [2.45, 2.75) is 112 Å². The average Bonchev–Trinajstić information content (AvgIpc) is 3.00. The molecule has 0 radical (unpaired) electrons. The van der Waals surface area contributed by atoms with Crippen molar-refractivity contribution in [1.29, 1.82) is 0 Å². The van der Waals surface area contributed by atoms with Crippen LogP contribution in [-0.2, 0) is 33.8 Å². The molecule has 8 heteroatoms. The zero-order valence-electron chi connectivity index (χ0n) is 30.2. The van der Waals surface area contributed by atoms with Crippen LogP contribution in [-0.4, -0.2) is 53.5 Å². The number of halogens is 1. The number of aromatic nitrogens is 1. The number of aryl methyl sites for hydroxylation is 2. The fourth-order valence-electron chi connectivity index (χ4n) is 6.94. The van der Waals surface area contributed by atoms with Gasteiger partial charge in [0.1, 0.15) is 5.69 Å². The van der Waals surface area contributed by atoms with E-state index in [1.807, 2.05) is 53.7 Å². The van der Waals surface area contributed by atoms with Crippen molar-refractivity contribution in [1.82, 2.24) is 9.88 Å². The van der Waals surface area contributed by atoms with Crippen molar-refractivity contribution in [2.24, 2.45) is 5.41 Å². The molecule has 3 aromatic rings. The molecule has 0 bridgehead atoms. The molecule has 2 aliphatic rings. The van der Waals surface area contributed by atoms with Crippen molar-refractivity contribution in [3.05, 3.63) is 80.6 Å². The Hall–Kier alpha value is -3.26. The van der Waals surface area contributed by atoms with Gasteiger partial charge in [-0.2, -0.15) is 0 Å². The summed E-state index contributed by atoms with van der Waals surface area (Å²) >= 11 is 6.58. The summed E-state index contributed by atoms with van der Waals surface area (Å²) in [7, 11) is 0. The molecule has 0 aliphatic carbocycles. The standard InChI is InChI=1S/C40H52ClN3O4/c1-25(2)47-38(46)37(48-39(5,6)7)34-27(4)42-33(24-45)35(36(34)44-19-16-40(8,9)17-20-44)29-13-14-30-22-43(18-15-28(30)21-29)23-31-26(3)11-10-12-32(31)41/h10-14,21,24-25,37H,15-20,22-23H2,1-9H3/t37-/m0/s1. The summed E-state index contributed by atoms with van der Waals surface area (Å²) in [6, 6.07) is 12.6. The van der Waals surface area contributed by atoms with Gasteiger partial charge in [-0.25, -0.2) is 9.78 Å². The molecular formula is C40H52ClN3O4.